The molecule has 9 heteroatoms. The van der Waals surface area contributed by atoms with E-state index in [-0.39, 0.29) is 30.3 Å². The van der Waals surface area contributed by atoms with E-state index in [1.807, 2.05) is 0 Å². The van der Waals surface area contributed by atoms with Gasteiger partial charge in [0.25, 0.3) is 5.91 Å². The van der Waals surface area contributed by atoms with Gasteiger partial charge in [-0.05, 0) is 42.0 Å². The van der Waals surface area contributed by atoms with Crippen molar-refractivity contribution in [2.24, 2.45) is 0 Å². The van der Waals surface area contributed by atoms with Crippen molar-refractivity contribution in [1.29, 1.82) is 0 Å². The molecule has 5 rings (SSSR count). The molecule has 1 saturated heterocycles. The van der Waals surface area contributed by atoms with Crippen LogP contribution in [0.1, 0.15) is 27.8 Å². The van der Waals surface area contributed by atoms with Crippen molar-refractivity contribution in [2.75, 3.05) is 31.1 Å². The Morgan fingerprint density at radius 3 is 2.26 bits per heavy atom. The van der Waals surface area contributed by atoms with Gasteiger partial charge in [0, 0.05) is 31.9 Å². The lowest BCUT2D eigenvalue weighted by Gasteiger charge is -2.36. The molecule has 0 bridgehead atoms. The van der Waals surface area contributed by atoms with Crippen LogP contribution in [0.25, 0.3) is 0 Å². The predicted octanol–water partition coefficient (Wildman–Crippen LogP) is 2.79. The maximum absolute atomic E-state index is 13.2. The standard InChI is InChI=1S/C22H21F2N5O2/c23-16-3-1-15(2-4-16)20-13-29-19(14-31-20)21(25-26-29)22(30)28-11-9-27(10-12-28)18-7-5-17(24)6-8-18/h1-8,20H,9-14H2. The molecule has 31 heavy (non-hydrogen) atoms. The Hall–Kier alpha value is -3.33. The lowest BCUT2D eigenvalue weighted by Crippen LogP contribution is -2.49. The number of piperazine rings is 1. The van der Waals surface area contributed by atoms with E-state index in [0.717, 1.165) is 11.3 Å². The number of halogens is 2. The summed E-state index contributed by atoms with van der Waals surface area (Å²) in [6, 6.07) is 12.5. The van der Waals surface area contributed by atoms with Gasteiger partial charge in [-0.2, -0.15) is 0 Å². The van der Waals surface area contributed by atoms with Crippen LogP contribution in [0.2, 0.25) is 0 Å². The Balaban J connectivity index is 1.24. The number of rotatable bonds is 3. The van der Waals surface area contributed by atoms with Crippen LogP contribution in [0.5, 0.6) is 0 Å². The van der Waals surface area contributed by atoms with Crippen LogP contribution in [-0.2, 0) is 17.9 Å². The smallest absolute Gasteiger partial charge is 0.276 e. The maximum Gasteiger partial charge on any atom is 0.276 e. The molecule has 1 atom stereocenters. The monoisotopic (exact) mass is 425 g/mol. The van der Waals surface area contributed by atoms with Crippen LogP contribution in [-0.4, -0.2) is 52.0 Å². The zero-order valence-electron chi connectivity index (χ0n) is 16.7. The highest BCUT2D eigenvalue weighted by Gasteiger charge is 2.31. The van der Waals surface area contributed by atoms with Crippen molar-refractivity contribution in [3.05, 3.63) is 77.1 Å². The van der Waals surface area contributed by atoms with Gasteiger partial charge in [0.1, 0.15) is 17.7 Å². The molecule has 1 unspecified atom stereocenters. The Labute approximate surface area is 177 Å². The molecule has 2 aromatic carbocycles. The fraction of sp³-hybridized carbons (Fsp3) is 0.318. The quantitative estimate of drug-likeness (QED) is 0.646. The number of hydrogen-bond acceptors (Lipinski definition) is 5. The molecule has 0 spiro atoms. The first-order valence-corrected chi connectivity index (χ1v) is 10.2. The molecular weight excluding hydrogens is 404 g/mol. The maximum atomic E-state index is 13.2. The molecule has 0 aliphatic carbocycles. The third-order valence-electron chi connectivity index (χ3n) is 5.80. The van der Waals surface area contributed by atoms with Gasteiger partial charge in [-0.1, -0.05) is 17.3 Å². The lowest BCUT2D eigenvalue weighted by atomic mass is 10.1. The highest BCUT2D eigenvalue weighted by molar-refractivity contribution is 5.93. The number of carbonyl (C=O) groups is 1. The molecule has 7 nitrogen and oxygen atoms in total. The fourth-order valence-electron chi connectivity index (χ4n) is 4.03. The summed E-state index contributed by atoms with van der Waals surface area (Å²) in [5.74, 6) is -0.726. The van der Waals surface area contributed by atoms with Crippen molar-refractivity contribution >= 4 is 11.6 Å². The van der Waals surface area contributed by atoms with Crippen molar-refractivity contribution in [1.82, 2.24) is 19.9 Å². The van der Waals surface area contributed by atoms with Gasteiger partial charge in [-0.3, -0.25) is 4.79 Å². The first-order valence-electron chi connectivity index (χ1n) is 10.2. The number of benzene rings is 2. The van der Waals surface area contributed by atoms with E-state index in [2.05, 4.69) is 15.2 Å². The lowest BCUT2D eigenvalue weighted by molar-refractivity contribution is -0.00199. The van der Waals surface area contributed by atoms with E-state index in [4.69, 9.17) is 4.74 Å². The topological polar surface area (TPSA) is 63.5 Å². The molecule has 3 aromatic rings. The van der Waals surface area contributed by atoms with Crippen LogP contribution in [0.4, 0.5) is 14.5 Å². The van der Waals surface area contributed by atoms with Gasteiger partial charge in [-0.25, -0.2) is 13.5 Å². The number of anilines is 1. The number of amides is 1. The van der Waals surface area contributed by atoms with Crippen LogP contribution < -0.4 is 4.90 Å². The molecule has 3 heterocycles. The van der Waals surface area contributed by atoms with E-state index in [0.29, 0.717) is 44.1 Å². The third kappa shape index (κ3) is 3.88. The summed E-state index contributed by atoms with van der Waals surface area (Å²) in [6.07, 6.45) is -0.267. The average Bonchev–Trinajstić information content (AvgIpc) is 3.23. The molecule has 0 radical (unpaired) electrons. The molecule has 0 N–H and O–H groups in total. The summed E-state index contributed by atoms with van der Waals surface area (Å²) < 4.78 is 33.9. The van der Waals surface area contributed by atoms with Crippen molar-refractivity contribution in [3.63, 3.8) is 0 Å². The van der Waals surface area contributed by atoms with Gasteiger partial charge in [0.05, 0.1) is 18.8 Å². The number of carbonyl (C=O) groups excluding carboxylic acids is 1. The van der Waals surface area contributed by atoms with Crippen LogP contribution >= 0.6 is 0 Å². The summed E-state index contributed by atoms with van der Waals surface area (Å²) >= 11 is 0. The summed E-state index contributed by atoms with van der Waals surface area (Å²) in [5.41, 5.74) is 2.76. The minimum atomic E-state index is -0.298. The van der Waals surface area contributed by atoms with Crippen LogP contribution in [0.15, 0.2) is 48.5 Å². The Morgan fingerprint density at radius 1 is 0.935 bits per heavy atom. The van der Waals surface area contributed by atoms with E-state index < -0.39 is 0 Å². The second-order valence-corrected chi connectivity index (χ2v) is 7.67. The first-order chi connectivity index (χ1) is 15.1. The second kappa shape index (κ2) is 8.07. The Morgan fingerprint density at radius 2 is 1.58 bits per heavy atom. The molecule has 2 aliphatic rings. The van der Waals surface area contributed by atoms with Crippen molar-refractivity contribution < 1.29 is 18.3 Å². The fourth-order valence-corrected chi connectivity index (χ4v) is 4.03. The molecule has 1 fully saturated rings. The number of fused-ring (bicyclic) bond motifs is 1. The van der Waals surface area contributed by atoms with E-state index in [1.54, 1.807) is 33.8 Å². The minimum Gasteiger partial charge on any atom is -0.368 e. The largest absolute Gasteiger partial charge is 0.368 e. The average molecular weight is 425 g/mol. The zero-order chi connectivity index (χ0) is 21.4. The molecule has 1 amide bonds. The number of nitrogens with zero attached hydrogens (tertiary/aromatic N) is 5. The van der Waals surface area contributed by atoms with Crippen molar-refractivity contribution in [2.45, 2.75) is 19.3 Å². The summed E-state index contributed by atoms with van der Waals surface area (Å²) in [7, 11) is 0. The third-order valence-corrected chi connectivity index (χ3v) is 5.80. The SMILES string of the molecule is O=C(c1nnn2c1COC(c1ccc(F)cc1)C2)N1CCN(c2ccc(F)cc2)CC1. The van der Waals surface area contributed by atoms with Gasteiger partial charge in [0.15, 0.2) is 5.69 Å². The zero-order valence-corrected chi connectivity index (χ0v) is 16.7. The van der Waals surface area contributed by atoms with Crippen LogP contribution in [0, 0.1) is 11.6 Å². The van der Waals surface area contributed by atoms with Gasteiger partial charge < -0.3 is 14.5 Å². The summed E-state index contributed by atoms with van der Waals surface area (Å²) in [4.78, 5) is 16.9. The number of hydrogen-bond donors (Lipinski definition) is 0. The predicted molar refractivity (Wildman–Crippen MR) is 108 cm³/mol. The molecular formula is C22H21F2N5O2. The highest BCUT2D eigenvalue weighted by Crippen LogP contribution is 2.27. The van der Waals surface area contributed by atoms with Gasteiger partial charge >= 0.3 is 0 Å². The second-order valence-electron chi connectivity index (χ2n) is 7.67. The summed E-state index contributed by atoms with van der Waals surface area (Å²) in [5, 5.41) is 8.28. The molecule has 2 aliphatic heterocycles. The van der Waals surface area contributed by atoms with E-state index >= 15 is 0 Å². The van der Waals surface area contributed by atoms with Crippen molar-refractivity contribution in [3.8, 4) is 0 Å². The summed E-state index contributed by atoms with van der Waals surface area (Å²) in [6.45, 7) is 3.03. The van der Waals surface area contributed by atoms with Crippen LogP contribution in [0.3, 0.4) is 0 Å². The number of ether oxygens (including phenoxy) is 1. The first kappa shape index (κ1) is 19.6. The normalized spacial score (nSPS) is 18.7. The molecule has 0 saturated carbocycles. The number of aromatic nitrogens is 3. The minimum absolute atomic E-state index is 0.163. The Bertz CT molecular complexity index is 1080. The molecule has 1 aromatic heterocycles. The molecule has 160 valence electrons. The van der Waals surface area contributed by atoms with E-state index in [1.165, 1.54) is 24.3 Å². The highest BCUT2D eigenvalue weighted by atomic mass is 19.1. The van der Waals surface area contributed by atoms with Gasteiger partial charge in [0.2, 0.25) is 0 Å². The van der Waals surface area contributed by atoms with Gasteiger partial charge in [-0.15, -0.1) is 5.10 Å². The van der Waals surface area contributed by atoms with E-state index in [9.17, 15) is 13.6 Å². The Kier molecular flexibility index (Phi) is 5.11.